The number of imide groups is 1. The van der Waals surface area contributed by atoms with E-state index in [-0.39, 0.29) is 18.9 Å². The summed E-state index contributed by atoms with van der Waals surface area (Å²) in [5, 5.41) is 12.8. The van der Waals surface area contributed by atoms with E-state index in [4.69, 9.17) is 4.74 Å². The highest BCUT2D eigenvalue weighted by Crippen LogP contribution is 2.28. The van der Waals surface area contributed by atoms with Crippen molar-refractivity contribution in [3.8, 4) is 11.6 Å². The first-order chi connectivity index (χ1) is 15.1. The second kappa shape index (κ2) is 8.57. The van der Waals surface area contributed by atoms with Crippen LogP contribution in [0.15, 0.2) is 43.0 Å². The van der Waals surface area contributed by atoms with Crippen LogP contribution >= 0.6 is 0 Å². The SMILES string of the molecule is COc1ccc2c(c1)C(=O)N(C[C@H](NC(=O)NC=O)c1cn(-c3cnccn3)nn1)C2. The van der Waals surface area contributed by atoms with E-state index in [1.165, 1.54) is 30.4 Å². The molecule has 12 heteroatoms. The van der Waals surface area contributed by atoms with E-state index < -0.39 is 12.1 Å². The van der Waals surface area contributed by atoms with Crippen LogP contribution in [-0.4, -0.2) is 61.9 Å². The van der Waals surface area contributed by atoms with Crippen LogP contribution in [-0.2, 0) is 11.3 Å². The third-order valence-electron chi connectivity index (χ3n) is 4.75. The molecule has 0 unspecified atom stereocenters. The minimum absolute atomic E-state index is 0.112. The van der Waals surface area contributed by atoms with Gasteiger partial charge < -0.3 is 15.0 Å². The molecule has 0 fully saturated rings. The molecule has 3 aromatic rings. The first kappa shape index (κ1) is 19.9. The van der Waals surface area contributed by atoms with E-state index in [9.17, 15) is 14.4 Å². The van der Waals surface area contributed by atoms with Crippen molar-refractivity contribution in [3.63, 3.8) is 0 Å². The Bertz CT molecular complexity index is 1120. The van der Waals surface area contributed by atoms with Crippen molar-refractivity contribution in [2.45, 2.75) is 12.6 Å². The number of aromatic nitrogens is 5. The maximum Gasteiger partial charge on any atom is 0.321 e. The number of benzene rings is 1. The van der Waals surface area contributed by atoms with E-state index in [2.05, 4.69) is 25.6 Å². The Balaban J connectivity index is 1.58. The second-order valence-electron chi connectivity index (χ2n) is 6.65. The highest BCUT2D eigenvalue weighted by Gasteiger charge is 2.31. The van der Waals surface area contributed by atoms with Crippen LogP contribution in [0.5, 0.6) is 5.75 Å². The number of rotatable bonds is 7. The monoisotopic (exact) mass is 422 g/mol. The quantitative estimate of drug-likeness (QED) is 0.515. The standard InChI is InChI=1S/C19H18N8O4/c1-31-13-3-2-12-8-26(18(29)14(12)6-13)9-15(23-19(30)22-11-28)16-10-27(25-24-16)17-7-20-4-5-21-17/h2-7,10-11,15H,8-9H2,1H3,(H2,22,23,28,30)/t15-/m0/s1. The molecule has 0 bridgehead atoms. The fourth-order valence-electron chi connectivity index (χ4n) is 3.26. The van der Waals surface area contributed by atoms with Crippen LogP contribution in [0.25, 0.3) is 5.82 Å². The average Bonchev–Trinajstić information content (AvgIpc) is 3.39. The molecule has 4 amide bonds. The average molecular weight is 422 g/mol. The molecule has 158 valence electrons. The van der Waals surface area contributed by atoms with Crippen molar-refractivity contribution in [3.05, 3.63) is 59.8 Å². The molecule has 0 radical (unpaired) electrons. The van der Waals surface area contributed by atoms with Crippen LogP contribution in [0, 0.1) is 0 Å². The van der Waals surface area contributed by atoms with Crippen molar-refractivity contribution in [1.29, 1.82) is 0 Å². The molecule has 2 aromatic heterocycles. The van der Waals surface area contributed by atoms with Crippen molar-refractivity contribution < 1.29 is 19.1 Å². The van der Waals surface area contributed by atoms with E-state index in [1.807, 2.05) is 11.4 Å². The molecule has 3 heterocycles. The topological polar surface area (TPSA) is 144 Å². The van der Waals surface area contributed by atoms with Gasteiger partial charge in [-0.3, -0.25) is 19.9 Å². The number of carbonyl (C=O) groups is 3. The Morgan fingerprint density at radius 2 is 2.23 bits per heavy atom. The zero-order chi connectivity index (χ0) is 21.8. The summed E-state index contributed by atoms with van der Waals surface area (Å²) in [6, 6.07) is 3.85. The summed E-state index contributed by atoms with van der Waals surface area (Å²) < 4.78 is 6.60. The minimum atomic E-state index is -0.731. The lowest BCUT2D eigenvalue weighted by atomic mass is 10.1. The second-order valence-corrected chi connectivity index (χ2v) is 6.65. The molecule has 0 saturated heterocycles. The van der Waals surface area contributed by atoms with Gasteiger partial charge in [-0.05, 0) is 17.7 Å². The summed E-state index contributed by atoms with van der Waals surface area (Å²) >= 11 is 0. The van der Waals surface area contributed by atoms with Gasteiger partial charge in [0.05, 0.1) is 25.5 Å². The van der Waals surface area contributed by atoms with Gasteiger partial charge in [0.15, 0.2) is 5.82 Å². The number of ether oxygens (including phenoxy) is 1. The molecule has 0 aliphatic carbocycles. The third kappa shape index (κ3) is 4.17. The normalized spacial score (nSPS) is 13.5. The number of methoxy groups -OCH3 is 1. The third-order valence-corrected chi connectivity index (χ3v) is 4.75. The number of urea groups is 1. The van der Waals surface area contributed by atoms with Gasteiger partial charge in [0.2, 0.25) is 6.41 Å². The largest absolute Gasteiger partial charge is 0.497 e. The maximum absolute atomic E-state index is 12.9. The van der Waals surface area contributed by atoms with Gasteiger partial charge in [-0.2, -0.15) is 0 Å². The number of hydrogen-bond donors (Lipinski definition) is 2. The predicted octanol–water partition coefficient (Wildman–Crippen LogP) is 0.219. The van der Waals surface area contributed by atoms with Gasteiger partial charge in [-0.1, -0.05) is 11.3 Å². The summed E-state index contributed by atoms with van der Waals surface area (Å²) in [7, 11) is 1.53. The maximum atomic E-state index is 12.9. The summed E-state index contributed by atoms with van der Waals surface area (Å²) in [6.07, 6.45) is 6.39. The van der Waals surface area contributed by atoms with Gasteiger partial charge in [-0.25, -0.2) is 14.5 Å². The number of nitrogens with zero attached hydrogens (tertiary/aromatic N) is 6. The number of hydrogen-bond acceptors (Lipinski definition) is 8. The fraction of sp³-hybridized carbons (Fsp3) is 0.211. The zero-order valence-electron chi connectivity index (χ0n) is 16.4. The molecule has 12 nitrogen and oxygen atoms in total. The lowest BCUT2D eigenvalue weighted by Gasteiger charge is -2.23. The molecule has 2 N–H and O–H groups in total. The number of amides is 4. The molecule has 0 spiro atoms. The van der Waals surface area contributed by atoms with E-state index in [0.717, 1.165) is 5.56 Å². The Morgan fingerprint density at radius 1 is 1.35 bits per heavy atom. The van der Waals surface area contributed by atoms with E-state index >= 15 is 0 Å². The molecule has 1 aromatic carbocycles. The lowest BCUT2D eigenvalue weighted by Crippen LogP contribution is -2.42. The molecule has 4 rings (SSSR count). The lowest BCUT2D eigenvalue weighted by molar-refractivity contribution is -0.108. The molecular formula is C19H18N8O4. The smallest absolute Gasteiger partial charge is 0.321 e. The number of nitrogens with one attached hydrogen (secondary N) is 2. The number of carbonyl (C=O) groups excluding carboxylic acids is 3. The summed E-state index contributed by atoms with van der Waals surface area (Å²) in [5.41, 5.74) is 1.77. The number of fused-ring (bicyclic) bond motifs is 1. The Kier molecular flexibility index (Phi) is 5.51. The molecule has 1 aliphatic heterocycles. The van der Waals surface area contributed by atoms with Gasteiger partial charge in [-0.15, -0.1) is 5.10 Å². The minimum Gasteiger partial charge on any atom is -0.497 e. The van der Waals surface area contributed by atoms with Crippen molar-refractivity contribution in [1.82, 2.24) is 40.5 Å². The molecule has 0 saturated carbocycles. The van der Waals surface area contributed by atoms with Crippen LogP contribution < -0.4 is 15.4 Å². The molecular weight excluding hydrogens is 404 g/mol. The predicted molar refractivity (Wildman–Crippen MR) is 105 cm³/mol. The summed E-state index contributed by atoms with van der Waals surface area (Å²) in [4.78, 5) is 45.3. The first-order valence-corrected chi connectivity index (χ1v) is 9.24. The van der Waals surface area contributed by atoms with E-state index in [0.29, 0.717) is 29.4 Å². The van der Waals surface area contributed by atoms with Crippen LogP contribution in [0.3, 0.4) is 0 Å². The van der Waals surface area contributed by atoms with Gasteiger partial charge in [0.25, 0.3) is 5.91 Å². The van der Waals surface area contributed by atoms with Crippen LogP contribution in [0.1, 0.15) is 27.7 Å². The highest BCUT2D eigenvalue weighted by atomic mass is 16.5. The van der Waals surface area contributed by atoms with Crippen molar-refractivity contribution in [2.75, 3.05) is 13.7 Å². The zero-order valence-corrected chi connectivity index (χ0v) is 16.4. The summed E-state index contributed by atoms with van der Waals surface area (Å²) in [6.45, 7) is 0.477. The van der Waals surface area contributed by atoms with Crippen LogP contribution in [0.4, 0.5) is 4.79 Å². The highest BCUT2D eigenvalue weighted by molar-refractivity contribution is 5.98. The Hall–Kier alpha value is -4.35. The van der Waals surface area contributed by atoms with Gasteiger partial charge in [0.1, 0.15) is 11.4 Å². The van der Waals surface area contributed by atoms with Crippen molar-refractivity contribution >= 4 is 18.3 Å². The summed E-state index contributed by atoms with van der Waals surface area (Å²) in [5.74, 6) is 0.827. The van der Waals surface area contributed by atoms with Crippen molar-refractivity contribution in [2.24, 2.45) is 0 Å². The first-order valence-electron chi connectivity index (χ1n) is 9.24. The Labute approximate surface area is 176 Å². The van der Waals surface area contributed by atoms with Crippen LogP contribution in [0.2, 0.25) is 0 Å². The molecule has 1 atom stereocenters. The van der Waals surface area contributed by atoms with E-state index in [1.54, 1.807) is 23.2 Å². The molecule has 1 aliphatic rings. The Morgan fingerprint density at radius 3 is 2.97 bits per heavy atom. The molecule has 31 heavy (non-hydrogen) atoms. The fourth-order valence-corrected chi connectivity index (χ4v) is 3.26. The van der Waals surface area contributed by atoms with Gasteiger partial charge in [0, 0.05) is 31.0 Å². The van der Waals surface area contributed by atoms with Gasteiger partial charge >= 0.3 is 6.03 Å².